The number of hydrogen-bond donors (Lipinski definition) is 2. The minimum Gasteiger partial charge on any atom is -0.356 e. The first kappa shape index (κ1) is 12.1. The van der Waals surface area contributed by atoms with Crippen molar-refractivity contribution in [2.45, 2.75) is 24.2 Å². The smallest absolute Gasteiger partial charge is 0.294 e. The molecule has 1 aliphatic rings. The molecule has 5 nitrogen and oxygen atoms in total. The van der Waals surface area contributed by atoms with Crippen LogP contribution >= 0.6 is 0 Å². The molecule has 0 spiro atoms. The Kier molecular flexibility index (Phi) is 2.92. The summed E-state index contributed by atoms with van der Waals surface area (Å²) in [5, 5.41) is 2.65. The predicted molar refractivity (Wildman–Crippen MR) is 61.4 cm³/mol. The summed E-state index contributed by atoms with van der Waals surface area (Å²) in [5.74, 6) is -0.688. The Labute approximate surface area is 99.6 Å². The van der Waals surface area contributed by atoms with Crippen LogP contribution in [0.2, 0.25) is 0 Å². The highest BCUT2D eigenvalue weighted by Crippen LogP contribution is 2.30. The molecule has 1 aliphatic heterocycles. The number of benzene rings is 1. The summed E-state index contributed by atoms with van der Waals surface area (Å²) in [6, 6.07) is 4.57. The molecule has 2 N–H and O–H groups in total. The van der Waals surface area contributed by atoms with E-state index in [2.05, 4.69) is 5.32 Å². The van der Waals surface area contributed by atoms with Gasteiger partial charge in [0.1, 0.15) is 0 Å². The van der Waals surface area contributed by atoms with Crippen LogP contribution in [0.1, 0.15) is 23.5 Å². The Hall–Kier alpha value is -1.40. The third-order valence-electron chi connectivity index (χ3n) is 2.87. The van der Waals surface area contributed by atoms with Gasteiger partial charge in [-0.15, -0.1) is 0 Å². The largest absolute Gasteiger partial charge is 0.356 e. The molecule has 0 bridgehead atoms. The molecule has 92 valence electrons. The first-order chi connectivity index (χ1) is 7.89. The summed E-state index contributed by atoms with van der Waals surface area (Å²) in [7, 11) is -4.29. The van der Waals surface area contributed by atoms with Gasteiger partial charge in [-0.2, -0.15) is 8.42 Å². The van der Waals surface area contributed by atoms with E-state index in [0.717, 1.165) is 5.56 Å². The first-order valence-electron chi connectivity index (χ1n) is 5.25. The lowest BCUT2D eigenvalue weighted by Gasteiger charge is -2.12. The van der Waals surface area contributed by atoms with Crippen LogP contribution in [0.25, 0.3) is 0 Å². The zero-order chi connectivity index (χ0) is 12.6. The molecule has 0 aromatic heterocycles. The van der Waals surface area contributed by atoms with Gasteiger partial charge in [0.25, 0.3) is 10.1 Å². The van der Waals surface area contributed by atoms with Gasteiger partial charge in [0.15, 0.2) is 0 Å². The van der Waals surface area contributed by atoms with Crippen LogP contribution in [0, 0.1) is 6.92 Å². The van der Waals surface area contributed by atoms with Crippen molar-refractivity contribution in [3.63, 3.8) is 0 Å². The van der Waals surface area contributed by atoms with E-state index in [1.54, 1.807) is 12.1 Å². The molecule has 2 rings (SSSR count). The number of carbonyl (C=O) groups is 1. The Morgan fingerprint density at radius 3 is 2.65 bits per heavy atom. The van der Waals surface area contributed by atoms with Crippen molar-refractivity contribution in [1.82, 2.24) is 5.32 Å². The topological polar surface area (TPSA) is 83.5 Å². The van der Waals surface area contributed by atoms with Crippen molar-refractivity contribution in [2.24, 2.45) is 0 Å². The van der Waals surface area contributed by atoms with Gasteiger partial charge in [-0.05, 0) is 25.0 Å². The normalized spacial score (nSPS) is 20.4. The summed E-state index contributed by atoms with van der Waals surface area (Å²) < 4.78 is 31.7. The van der Waals surface area contributed by atoms with Crippen LogP contribution < -0.4 is 5.32 Å². The second-order valence-electron chi connectivity index (χ2n) is 4.15. The van der Waals surface area contributed by atoms with Gasteiger partial charge in [-0.1, -0.05) is 17.7 Å². The number of aryl methyl sites for hydroxylation is 1. The number of amides is 1. The van der Waals surface area contributed by atoms with Crippen LogP contribution in [0.5, 0.6) is 0 Å². The maximum Gasteiger partial charge on any atom is 0.294 e. The van der Waals surface area contributed by atoms with E-state index >= 15 is 0 Å². The number of rotatable bonds is 2. The van der Waals surface area contributed by atoms with Crippen LogP contribution in [0.15, 0.2) is 23.1 Å². The van der Waals surface area contributed by atoms with Crippen molar-refractivity contribution in [1.29, 1.82) is 0 Å². The van der Waals surface area contributed by atoms with E-state index in [1.165, 1.54) is 6.07 Å². The highest BCUT2D eigenvalue weighted by Gasteiger charge is 2.30. The number of carbonyl (C=O) groups excluding carboxylic acids is 1. The van der Waals surface area contributed by atoms with E-state index in [-0.39, 0.29) is 10.8 Å². The zero-order valence-electron chi connectivity index (χ0n) is 9.30. The minimum atomic E-state index is -4.29. The van der Waals surface area contributed by atoms with Crippen molar-refractivity contribution < 1.29 is 17.8 Å². The van der Waals surface area contributed by atoms with Gasteiger partial charge in [0.2, 0.25) is 5.91 Å². The molecule has 1 fully saturated rings. The second-order valence-corrected chi connectivity index (χ2v) is 5.54. The molecule has 1 heterocycles. The second kappa shape index (κ2) is 4.12. The molecule has 0 saturated carbocycles. The Morgan fingerprint density at radius 2 is 2.12 bits per heavy atom. The molecule has 1 amide bonds. The van der Waals surface area contributed by atoms with Crippen LogP contribution in [-0.4, -0.2) is 25.4 Å². The first-order valence-corrected chi connectivity index (χ1v) is 6.69. The van der Waals surface area contributed by atoms with Crippen LogP contribution in [0.4, 0.5) is 0 Å². The molecule has 0 radical (unpaired) electrons. The fourth-order valence-electron chi connectivity index (χ4n) is 2.07. The third-order valence-corrected chi connectivity index (χ3v) is 3.79. The highest BCUT2D eigenvalue weighted by atomic mass is 32.2. The zero-order valence-corrected chi connectivity index (χ0v) is 10.1. The molecule has 17 heavy (non-hydrogen) atoms. The summed E-state index contributed by atoms with van der Waals surface area (Å²) in [4.78, 5) is 11.4. The van der Waals surface area contributed by atoms with Gasteiger partial charge in [-0.3, -0.25) is 9.35 Å². The maximum atomic E-state index is 11.6. The molecular weight excluding hydrogens is 242 g/mol. The molecule has 1 aromatic carbocycles. The summed E-state index contributed by atoms with van der Waals surface area (Å²) >= 11 is 0. The predicted octanol–water partition coefficient (Wildman–Crippen LogP) is 0.845. The average molecular weight is 255 g/mol. The van der Waals surface area contributed by atoms with Gasteiger partial charge in [0, 0.05) is 6.54 Å². The van der Waals surface area contributed by atoms with Gasteiger partial charge in [-0.25, -0.2) is 0 Å². The van der Waals surface area contributed by atoms with Gasteiger partial charge < -0.3 is 5.32 Å². The highest BCUT2D eigenvalue weighted by molar-refractivity contribution is 7.85. The van der Waals surface area contributed by atoms with E-state index in [1.807, 2.05) is 6.92 Å². The Bertz CT molecular complexity index is 565. The Morgan fingerprint density at radius 1 is 1.41 bits per heavy atom. The van der Waals surface area contributed by atoms with E-state index in [9.17, 15) is 13.2 Å². The van der Waals surface area contributed by atoms with Crippen molar-refractivity contribution >= 4 is 16.0 Å². The minimum absolute atomic E-state index is 0.176. The van der Waals surface area contributed by atoms with Crippen LogP contribution in [0.3, 0.4) is 0 Å². The molecule has 0 aliphatic carbocycles. The summed E-state index contributed by atoms with van der Waals surface area (Å²) in [6.07, 6.45) is 0.546. The third kappa shape index (κ3) is 2.32. The quantitative estimate of drug-likeness (QED) is 0.767. The molecule has 1 unspecified atom stereocenters. The van der Waals surface area contributed by atoms with E-state index in [4.69, 9.17) is 4.55 Å². The van der Waals surface area contributed by atoms with Gasteiger partial charge in [0.05, 0.1) is 10.8 Å². The standard InChI is InChI=1S/C11H13NO4S/c1-7-2-3-10(17(14,15)16)9(6-7)8-4-5-12-11(8)13/h2-3,6,8H,4-5H2,1H3,(H,12,13)(H,14,15,16). The molecular formula is C11H13NO4S. The van der Waals surface area contributed by atoms with Crippen molar-refractivity contribution in [3.05, 3.63) is 29.3 Å². The van der Waals surface area contributed by atoms with E-state index < -0.39 is 16.0 Å². The lowest BCUT2D eigenvalue weighted by molar-refractivity contribution is -0.120. The van der Waals surface area contributed by atoms with E-state index in [0.29, 0.717) is 18.5 Å². The summed E-state index contributed by atoms with van der Waals surface area (Å²) in [5.41, 5.74) is 1.23. The fourth-order valence-corrected chi connectivity index (χ4v) is 2.80. The monoisotopic (exact) mass is 255 g/mol. The Balaban J connectivity index is 2.58. The summed E-state index contributed by atoms with van der Waals surface area (Å²) in [6.45, 7) is 2.34. The molecule has 1 aromatic rings. The van der Waals surface area contributed by atoms with Crippen LogP contribution in [-0.2, 0) is 14.9 Å². The SMILES string of the molecule is Cc1ccc(S(=O)(=O)O)c(C2CCNC2=O)c1. The lowest BCUT2D eigenvalue weighted by atomic mass is 9.96. The average Bonchev–Trinajstić information content (AvgIpc) is 2.62. The van der Waals surface area contributed by atoms with Gasteiger partial charge >= 0.3 is 0 Å². The molecule has 6 heteroatoms. The lowest BCUT2D eigenvalue weighted by Crippen LogP contribution is -2.19. The number of hydrogen-bond acceptors (Lipinski definition) is 3. The molecule has 1 atom stereocenters. The van der Waals surface area contributed by atoms with Crippen molar-refractivity contribution in [3.8, 4) is 0 Å². The molecule has 1 saturated heterocycles. The fraction of sp³-hybridized carbons (Fsp3) is 0.364. The maximum absolute atomic E-state index is 11.6. The number of nitrogens with one attached hydrogen (secondary N) is 1. The van der Waals surface area contributed by atoms with Crippen molar-refractivity contribution in [2.75, 3.05) is 6.54 Å².